The van der Waals surface area contributed by atoms with Crippen LogP contribution in [0.3, 0.4) is 0 Å². The predicted molar refractivity (Wildman–Crippen MR) is 75.8 cm³/mol. The lowest BCUT2D eigenvalue weighted by Gasteiger charge is -2.14. The van der Waals surface area contributed by atoms with E-state index >= 15 is 0 Å². The molecule has 0 aromatic heterocycles. The highest BCUT2D eigenvalue weighted by Crippen LogP contribution is 2.15. The first kappa shape index (κ1) is 15.0. The molecule has 0 aliphatic rings. The maximum atomic E-state index is 11.4. The zero-order chi connectivity index (χ0) is 13.4. The van der Waals surface area contributed by atoms with Crippen molar-refractivity contribution in [2.75, 3.05) is 13.1 Å². The minimum Gasteiger partial charge on any atom is -0.356 e. The molecule has 4 heteroatoms. The molecule has 0 radical (unpaired) electrons. The molecule has 0 fully saturated rings. The standard InChI is InChI=1S/C14H21ClN2O/c1-3-9-17-14(18)8-10-16-11(2)12-4-6-13(15)7-5-12/h4-7,11,16H,3,8-10H2,1-2H3,(H,17,18). The molecule has 1 rings (SSSR count). The summed E-state index contributed by atoms with van der Waals surface area (Å²) in [4.78, 5) is 11.4. The van der Waals surface area contributed by atoms with Crippen LogP contribution in [-0.2, 0) is 4.79 Å². The van der Waals surface area contributed by atoms with Crippen LogP contribution in [0, 0.1) is 0 Å². The van der Waals surface area contributed by atoms with Crippen LogP contribution in [0.2, 0.25) is 5.02 Å². The number of hydrogen-bond donors (Lipinski definition) is 2. The van der Waals surface area contributed by atoms with Gasteiger partial charge in [-0.2, -0.15) is 0 Å². The minimum absolute atomic E-state index is 0.104. The van der Waals surface area contributed by atoms with E-state index in [9.17, 15) is 4.79 Å². The second-order valence-corrected chi connectivity index (χ2v) is 4.76. The molecule has 0 aliphatic carbocycles. The van der Waals surface area contributed by atoms with Crippen LogP contribution in [0.4, 0.5) is 0 Å². The van der Waals surface area contributed by atoms with Crippen LogP contribution in [-0.4, -0.2) is 19.0 Å². The highest BCUT2D eigenvalue weighted by molar-refractivity contribution is 6.30. The third-order valence-corrected chi connectivity index (χ3v) is 3.00. The molecular formula is C14H21ClN2O. The molecule has 0 saturated heterocycles. The van der Waals surface area contributed by atoms with Gasteiger partial charge in [0, 0.05) is 30.6 Å². The molecule has 1 unspecified atom stereocenters. The first-order chi connectivity index (χ1) is 8.63. The number of amides is 1. The van der Waals surface area contributed by atoms with Crippen molar-refractivity contribution in [3.8, 4) is 0 Å². The minimum atomic E-state index is 0.104. The zero-order valence-corrected chi connectivity index (χ0v) is 11.8. The van der Waals surface area contributed by atoms with Gasteiger partial charge in [0.15, 0.2) is 0 Å². The van der Waals surface area contributed by atoms with Crippen LogP contribution in [0.25, 0.3) is 0 Å². The van der Waals surface area contributed by atoms with Gasteiger partial charge in [0.05, 0.1) is 0 Å². The molecule has 0 heterocycles. The Labute approximate surface area is 114 Å². The number of benzene rings is 1. The lowest BCUT2D eigenvalue weighted by Crippen LogP contribution is -2.29. The fourth-order valence-corrected chi connectivity index (χ4v) is 1.75. The topological polar surface area (TPSA) is 41.1 Å². The Kier molecular flexibility index (Phi) is 6.76. The summed E-state index contributed by atoms with van der Waals surface area (Å²) in [6.45, 7) is 5.55. The first-order valence-corrected chi connectivity index (χ1v) is 6.76. The third-order valence-electron chi connectivity index (χ3n) is 2.74. The number of carbonyl (C=O) groups is 1. The molecule has 1 aromatic rings. The fourth-order valence-electron chi connectivity index (χ4n) is 1.62. The molecule has 2 N–H and O–H groups in total. The van der Waals surface area contributed by atoms with Gasteiger partial charge in [0.2, 0.25) is 5.91 Å². The van der Waals surface area contributed by atoms with Crippen LogP contribution >= 0.6 is 11.6 Å². The summed E-state index contributed by atoms with van der Waals surface area (Å²) in [5.41, 5.74) is 1.17. The highest BCUT2D eigenvalue weighted by Gasteiger charge is 2.05. The number of hydrogen-bond acceptors (Lipinski definition) is 2. The van der Waals surface area contributed by atoms with Crippen molar-refractivity contribution in [2.24, 2.45) is 0 Å². The molecule has 18 heavy (non-hydrogen) atoms. The van der Waals surface area contributed by atoms with Crippen molar-refractivity contribution in [1.29, 1.82) is 0 Å². The van der Waals surface area contributed by atoms with E-state index in [4.69, 9.17) is 11.6 Å². The Balaban J connectivity index is 2.26. The molecule has 0 spiro atoms. The van der Waals surface area contributed by atoms with Gasteiger partial charge in [-0.3, -0.25) is 4.79 Å². The van der Waals surface area contributed by atoms with Crippen LogP contribution in [0.15, 0.2) is 24.3 Å². The summed E-state index contributed by atoms with van der Waals surface area (Å²) in [6.07, 6.45) is 1.48. The highest BCUT2D eigenvalue weighted by atomic mass is 35.5. The molecule has 1 aromatic carbocycles. The van der Waals surface area contributed by atoms with E-state index in [1.165, 1.54) is 5.56 Å². The van der Waals surface area contributed by atoms with Crippen LogP contribution < -0.4 is 10.6 Å². The smallest absolute Gasteiger partial charge is 0.221 e. The summed E-state index contributed by atoms with van der Waals surface area (Å²) < 4.78 is 0. The number of carbonyl (C=O) groups excluding carboxylic acids is 1. The van der Waals surface area contributed by atoms with Crippen molar-refractivity contribution in [1.82, 2.24) is 10.6 Å². The molecular weight excluding hydrogens is 248 g/mol. The molecule has 3 nitrogen and oxygen atoms in total. The zero-order valence-electron chi connectivity index (χ0n) is 11.0. The van der Waals surface area contributed by atoms with E-state index in [2.05, 4.69) is 17.6 Å². The Morgan fingerprint density at radius 3 is 2.56 bits per heavy atom. The average Bonchev–Trinajstić information content (AvgIpc) is 2.37. The normalized spacial score (nSPS) is 12.2. The maximum absolute atomic E-state index is 11.4. The van der Waals surface area contributed by atoms with Crippen molar-refractivity contribution < 1.29 is 4.79 Å². The Morgan fingerprint density at radius 2 is 1.94 bits per heavy atom. The quantitative estimate of drug-likeness (QED) is 0.798. The average molecular weight is 269 g/mol. The first-order valence-electron chi connectivity index (χ1n) is 6.39. The van der Waals surface area contributed by atoms with Crippen LogP contribution in [0.5, 0.6) is 0 Å². The summed E-state index contributed by atoms with van der Waals surface area (Å²) in [6, 6.07) is 7.97. The summed E-state index contributed by atoms with van der Waals surface area (Å²) in [5, 5.41) is 6.92. The van der Waals surface area contributed by atoms with Gasteiger partial charge < -0.3 is 10.6 Å². The fraction of sp³-hybridized carbons (Fsp3) is 0.500. The van der Waals surface area contributed by atoms with Gasteiger partial charge >= 0.3 is 0 Å². The van der Waals surface area contributed by atoms with Gasteiger partial charge in [-0.05, 0) is 31.0 Å². The van der Waals surface area contributed by atoms with Crippen molar-refractivity contribution in [3.63, 3.8) is 0 Å². The summed E-state index contributed by atoms with van der Waals surface area (Å²) >= 11 is 5.84. The predicted octanol–water partition coefficient (Wildman–Crippen LogP) is 2.91. The second-order valence-electron chi connectivity index (χ2n) is 4.33. The summed E-state index contributed by atoms with van der Waals surface area (Å²) in [5.74, 6) is 0.104. The summed E-state index contributed by atoms with van der Waals surface area (Å²) in [7, 11) is 0. The lowest BCUT2D eigenvalue weighted by molar-refractivity contribution is -0.121. The van der Waals surface area contributed by atoms with Gasteiger partial charge in [0.1, 0.15) is 0 Å². The van der Waals surface area contributed by atoms with E-state index in [1.54, 1.807) is 0 Å². The molecule has 100 valence electrons. The van der Waals surface area contributed by atoms with Gasteiger partial charge in [-0.25, -0.2) is 0 Å². The second kappa shape index (κ2) is 8.11. The lowest BCUT2D eigenvalue weighted by atomic mass is 10.1. The van der Waals surface area contributed by atoms with E-state index in [0.717, 1.165) is 18.0 Å². The van der Waals surface area contributed by atoms with E-state index in [1.807, 2.05) is 31.2 Å². The Morgan fingerprint density at radius 1 is 1.28 bits per heavy atom. The third kappa shape index (κ3) is 5.52. The van der Waals surface area contributed by atoms with E-state index in [0.29, 0.717) is 13.0 Å². The molecule has 0 saturated carbocycles. The Bertz CT molecular complexity index is 365. The maximum Gasteiger partial charge on any atom is 0.221 e. The van der Waals surface area contributed by atoms with Crippen molar-refractivity contribution in [3.05, 3.63) is 34.9 Å². The van der Waals surface area contributed by atoms with E-state index in [-0.39, 0.29) is 11.9 Å². The monoisotopic (exact) mass is 268 g/mol. The van der Waals surface area contributed by atoms with Crippen molar-refractivity contribution >= 4 is 17.5 Å². The van der Waals surface area contributed by atoms with Crippen LogP contribution in [0.1, 0.15) is 38.3 Å². The number of rotatable bonds is 7. The molecule has 1 amide bonds. The molecule has 0 bridgehead atoms. The van der Waals surface area contributed by atoms with Crippen molar-refractivity contribution in [2.45, 2.75) is 32.7 Å². The molecule has 0 aliphatic heterocycles. The number of halogens is 1. The van der Waals surface area contributed by atoms with Gasteiger partial charge in [-0.15, -0.1) is 0 Å². The van der Waals surface area contributed by atoms with E-state index < -0.39 is 0 Å². The SMILES string of the molecule is CCCNC(=O)CCNC(C)c1ccc(Cl)cc1. The van der Waals surface area contributed by atoms with Gasteiger partial charge in [-0.1, -0.05) is 30.7 Å². The Hall–Kier alpha value is -1.06. The number of nitrogens with one attached hydrogen (secondary N) is 2. The van der Waals surface area contributed by atoms with Gasteiger partial charge in [0.25, 0.3) is 0 Å². The largest absolute Gasteiger partial charge is 0.356 e. The molecule has 1 atom stereocenters.